The highest BCUT2D eigenvalue weighted by Crippen LogP contribution is 2.43. The van der Waals surface area contributed by atoms with Crippen LogP contribution in [0.2, 0.25) is 0 Å². The second-order valence-electron chi connectivity index (χ2n) is 32.6. The molecule has 2 unspecified atom stereocenters. The number of ether oxygens (including phenoxy) is 6. The van der Waals surface area contributed by atoms with E-state index in [1.165, 1.54) is 30.8 Å². The van der Waals surface area contributed by atoms with Crippen LogP contribution in [0.4, 0.5) is 4.79 Å². The van der Waals surface area contributed by atoms with Gasteiger partial charge in [0.25, 0.3) is 5.56 Å². The SMILES string of the molecule is CCOCCOCC(=O)NCCCC[C@H](NC(=O)COCCNC(=O)C(CCCN=C(N)N)CC(=O)[C@@H](CC(=O)[C@H](CCCN=C(N)N)CC(=O)[C@H](CCCCN)NC(=O)[C@H](CC(N)=O)CC(=O)CNC(=O)[C@H](N)CS)C(C)OO)C(=O)NCC(=O)O[C@]1(CC)C(=O)OCc2c1cc1n(c2=O)Cc2c-1nc1ccc(OC(=O)N3CCC(N4CCCCC4)CC3)cc1c2CC. The van der Waals surface area contributed by atoms with Crippen LogP contribution < -0.4 is 82.3 Å². The summed E-state index contributed by atoms with van der Waals surface area (Å²) in [5, 5.41) is 26.3. The monoisotopic (exact) mass is 1830 g/mol. The molecule has 8 amide bonds. The molecule has 7 rings (SSSR count). The third kappa shape index (κ3) is 32.4. The lowest BCUT2D eigenvalue weighted by molar-refractivity contribution is -0.283. The van der Waals surface area contributed by atoms with Gasteiger partial charge >= 0.3 is 18.0 Å². The number of rotatable bonds is 59. The Balaban J connectivity index is 1.00. The summed E-state index contributed by atoms with van der Waals surface area (Å²) < 4.78 is 35.4. The molecule has 4 aliphatic heterocycles. The molecule has 1 aromatic carbocycles. The van der Waals surface area contributed by atoms with Crippen LogP contribution in [0.1, 0.15) is 185 Å². The number of aliphatic imine (C=N–C) groups is 2. The lowest BCUT2D eigenvalue weighted by Crippen LogP contribution is -2.51. The average molecular weight is 1830 g/mol. The van der Waals surface area contributed by atoms with Crippen LogP contribution >= 0.6 is 12.6 Å². The largest absolute Gasteiger partial charge is 0.457 e. The molecule has 43 heteroatoms. The molecule has 0 radical (unpaired) electrons. The summed E-state index contributed by atoms with van der Waals surface area (Å²) in [6.07, 6.45) is 2.32. The Morgan fingerprint density at radius 2 is 1.32 bits per heavy atom. The summed E-state index contributed by atoms with van der Waals surface area (Å²) in [4.78, 5) is 229. The molecule has 129 heavy (non-hydrogen) atoms. The predicted molar refractivity (Wildman–Crippen MR) is 476 cm³/mol. The number of hydrogen-bond donors (Lipinski definition) is 15. The Labute approximate surface area is 754 Å². The number of fused-ring (bicyclic) bond motifs is 5. The van der Waals surface area contributed by atoms with Crippen LogP contribution in [0.15, 0.2) is 39.0 Å². The molecule has 9 atom stereocenters. The maximum Gasteiger partial charge on any atom is 0.415 e. The van der Waals surface area contributed by atoms with Gasteiger partial charge in [0.15, 0.2) is 23.5 Å². The molecule has 2 aromatic heterocycles. The number of hydrogen-bond acceptors (Lipinski definition) is 30. The van der Waals surface area contributed by atoms with Gasteiger partial charge in [-0.15, -0.1) is 0 Å². The smallest absolute Gasteiger partial charge is 0.415 e. The number of benzene rings is 1. The summed E-state index contributed by atoms with van der Waals surface area (Å²) in [6.45, 7) is 8.09. The van der Waals surface area contributed by atoms with Gasteiger partial charge in [-0.2, -0.15) is 12.6 Å². The lowest BCUT2D eigenvalue weighted by Gasteiger charge is -2.39. The van der Waals surface area contributed by atoms with Gasteiger partial charge in [-0.05, 0) is 166 Å². The van der Waals surface area contributed by atoms with E-state index in [0.717, 1.165) is 42.4 Å². The third-order valence-corrected chi connectivity index (χ3v) is 23.7. The van der Waals surface area contributed by atoms with Crippen molar-refractivity contribution in [2.45, 2.75) is 218 Å². The summed E-state index contributed by atoms with van der Waals surface area (Å²) in [5.41, 5.74) is 39.7. The van der Waals surface area contributed by atoms with Crippen molar-refractivity contribution in [1.82, 2.24) is 51.3 Å². The number of piperidine rings is 2. The number of nitrogens with two attached hydrogens (primary N) is 7. The first-order valence-electron chi connectivity index (χ1n) is 44.4. The number of aryl methyl sites for hydroxylation is 1. The second-order valence-corrected chi connectivity index (χ2v) is 33.0. The normalized spacial score (nSPS) is 16.7. The number of aromatic nitrogens is 2. The number of amides is 8. The van der Waals surface area contributed by atoms with Gasteiger partial charge in [-0.25, -0.2) is 19.5 Å². The van der Waals surface area contributed by atoms with Gasteiger partial charge in [0, 0.05) is 118 Å². The van der Waals surface area contributed by atoms with Crippen LogP contribution in [0.25, 0.3) is 22.3 Å². The number of unbranched alkanes of at least 4 members (excludes halogenated alkanes) is 2. The third-order valence-electron chi connectivity index (χ3n) is 23.3. The molecule has 2 fully saturated rings. The van der Waals surface area contributed by atoms with Gasteiger partial charge < -0.3 is 115 Å². The van der Waals surface area contributed by atoms with E-state index in [9.17, 15) is 77.2 Å². The molecule has 0 bridgehead atoms. The quantitative estimate of drug-likeness (QED) is 0.00520. The van der Waals surface area contributed by atoms with E-state index in [-0.39, 0.29) is 139 Å². The van der Waals surface area contributed by atoms with E-state index in [1.807, 2.05) is 13.8 Å². The number of nitrogens with zero attached hydrogens (tertiary/aromatic N) is 6. The minimum Gasteiger partial charge on any atom is -0.457 e. The fraction of sp³-hybridized carbons (Fsp3) is 0.651. The molecule has 3 aromatic rings. The minimum absolute atomic E-state index is 0.00300. The number of guanidine groups is 2. The van der Waals surface area contributed by atoms with Crippen molar-refractivity contribution < 1.29 is 106 Å². The van der Waals surface area contributed by atoms with Crippen LogP contribution in [0, 0.1) is 23.7 Å². The van der Waals surface area contributed by atoms with Gasteiger partial charge in [0.2, 0.25) is 47.0 Å². The molecule has 714 valence electrons. The van der Waals surface area contributed by atoms with Crippen molar-refractivity contribution in [3.8, 4) is 17.1 Å². The zero-order valence-electron chi connectivity index (χ0n) is 74.3. The van der Waals surface area contributed by atoms with Gasteiger partial charge in [-0.1, -0.05) is 20.3 Å². The van der Waals surface area contributed by atoms with E-state index < -0.39 is 200 Å². The Morgan fingerprint density at radius 3 is 1.98 bits per heavy atom. The molecule has 0 spiro atoms. The zero-order valence-corrected chi connectivity index (χ0v) is 75.2. The molecule has 2 saturated heterocycles. The van der Waals surface area contributed by atoms with E-state index in [0.29, 0.717) is 80.7 Å². The number of thiol groups is 1. The standard InChI is InChI=1S/C86H131N19O23S/c1-5-58-60-41-57(126-85(120)104-32-23-55(24-33-104)103-30-13-8-14-31-103)21-22-65(60)101-76-61(58)46-105-68(76)43-63-62(81(105)118)47-125-82(119)86(63,6-2)127-75(113)45-99-80(117)67(20-10-12-26-94-73(111)48-124-36-35-122-7-3)100-74(112)49-123-34-29-95-77(114)53(18-16-28-97-84(92)93)39-70(108)59(51(4)128-121)42-69(107)52(17-15-27-96-83(90)91)38-71(109)66(19-9-11-25-87)102-78(115)54(40-72(89)110)37-56(106)44-98-79(116)64(88)50-129/h21-22,41,43,51-55,59,64,66-67,121,129H,5-20,23-40,42,44-50,87-88H2,1-4H3,(H2,89,110)(H,94,111)(H,95,114)(H,98,116)(H,99,117)(H,100,112)(H,102,115)(H4,90,91,96)(H4,92,93,97)/t51?,52-,53?,54+,59+,64-,66+,67+,86+/m1/s1. The van der Waals surface area contributed by atoms with E-state index in [4.69, 9.17) is 73.5 Å². The number of cyclic esters (lactones) is 1. The number of ketones is 4. The first-order valence-corrected chi connectivity index (χ1v) is 45.0. The van der Waals surface area contributed by atoms with E-state index >= 15 is 0 Å². The van der Waals surface area contributed by atoms with Crippen LogP contribution in [-0.4, -0.2) is 267 Å². The van der Waals surface area contributed by atoms with Crippen molar-refractivity contribution >= 4 is 118 Å². The van der Waals surface area contributed by atoms with Gasteiger partial charge in [0.05, 0.1) is 79.3 Å². The van der Waals surface area contributed by atoms with Crippen LogP contribution in [0.5, 0.6) is 5.75 Å². The van der Waals surface area contributed by atoms with E-state index in [1.54, 1.807) is 36.1 Å². The summed E-state index contributed by atoms with van der Waals surface area (Å²) >= 11 is 3.98. The Morgan fingerprint density at radius 1 is 0.659 bits per heavy atom. The molecular weight excluding hydrogens is 1700 g/mol. The highest BCUT2D eigenvalue weighted by atomic mass is 32.1. The fourth-order valence-corrected chi connectivity index (χ4v) is 16.5. The number of esters is 2. The van der Waals surface area contributed by atoms with Crippen molar-refractivity contribution in [3.63, 3.8) is 0 Å². The minimum atomic E-state index is -2.18. The van der Waals surface area contributed by atoms with E-state index in [2.05, 4.69) is 64.3 Å². The van der Waals surface area contributed by atoms with Crippen molar-refractivity contribution in [3.05, 3.63) is 56.9 Å². The maximum atomic E-state index is 14.7. The number of primary amides is 1. The van der Waals surface area contributed by atoms with Gasteiger partial charge in [-0.3, -0.25) is 77.6 Å². The number of likely N-dealkylation sites (tertiary alicyclic amines) is 2. The predicted octanol–water partition coefficient (Wildman–Crippen LogP) is -0.135. The molecule has 4 aliphatic rings. The number of carbonyl (C=O) groups excluding carboxylic acids is 14. The number of nitrogens with one attached hydrogen (secondary N) is 6. The first kappa shape index (κ1) is 105. The summed E-state index contributed by atoms with van der Waals surface area (Å²) in [7, 11) is 0. The Hall–Kier alpha value is -10.7. The van der Waals surface area contributed by atoms with Gasteiger partial charge in [0.1, 0.15) is 55.8 Å². The first-order chi connectivity index (χ1) is 61.8. The van der Waals surface area contributed by atoms with Crippen molar-refractivity contribution in [1.29, 1.82) is 0 Å². The van der Waals surface area contributed by atoms with Crippen LogP contribution in [0.3, 0.4) is 0 Å². The zero-order chi connectivity index (χ0) is 94.3. The highest BCUT2D eigenvalue weighted by Gasteiger charge is 2.51. The van der Waals surface area contributed by atoms with Crippen LogP contribution in [-0.2, 0) is 116 Å². The molecular formula is C86H131N19O23S. The Kier molecular flexibility index (Phi) is 44.2. The molecule has 0 saturated carbocycles. The van der Waals surface area contributed by atoms with Crippen molar-refractivity contribution in [2.75, 3.05) is 117 Å². The maximum absolute atomic E-state index is 14.7. The summed E-state index contributed by atoms with van der Waals surface area (Å²) in [6, 6.07) is 3.55. The number of pyridine rings is 2. The molecule has 42 nitrogen and oxygen atoms in total. The Bertz CT molecular complexity index is 4490. The average Bonchev–Trinajstić information content (AvgIpc) is 1.64. The topological polar surface area (TPSA) is 644 Å². The molecule has 6 heterocycles. The molecule has 21 N–H and O–H groups in total. The molecule has 0 aliphatic carbocycles. The summed E-state index contributed by atoms with van der Waals surface area (Å²) in [5.74, 6) is -15.5. The second kappa shape index (κ2) is 54.1. The number of Topliss-reactive ketones (excluding diaryl/α,β-unsaturated/α-hetero) is 4. The highest BCUT2D eigenvalue weighted by molar-refractivity contribution is 7.80. The van der Waals surface area contributed by atoms with Crippen molar-refractivity contribution in [2.24, 2.45) is 73.8 Å². The fourth-order valence-electron chi connectivity index (χ4n) is 16.3. The lowest BCUT2D eigenvalue weighted by atomic mass is 9.81. The number of carbonyl (C=O) groups is 14.